The number of esters is 1. The smallest absolute Gasteiger partial charge is 0.333 e. The number of anilines is 1. The van der Waals surface area contributed by atoms with Crippen LogP contribution in [0.1, 0.15) is 31.9 Å². The summed E-state index contributed by atoms with van der Waals surface area (Å²) < 4.78 is 4.88. The van der Waals surface area contributed by atoms with Crippen molar-refractivity contribution in [1.29, 1.82) is 0 Å². The molecule has 0 spiro atoms. The van der Waals surface area contributed by atoms with Gasteiger partial charge in [0.15, 0.2) is 0 Å². The van der Waals surface area contributed by atoms with Gasteiger partial charge in [-0.1, -0.05) is 43.8 Å². The van der Waals surface area contributed by atoms with Gasteiger partial charge in [0.25, 0.3) is 0 Å². The number of amides is 2. The largest absolute Gasteiger partial charge is 0.463 e. The lowest BCUT2D eigenvalue weighted by molar-refractivity contribution is -0.137. The molecule has 0 bridgehead atoms. The number of hydrogen-bond donors (Lipinski definition) is 1. The highest BCUT2D eigenvalue weighted by atomic mass is 32.2. The third-order valence-corrected chi connectivity index (χ3v) is 5.03. The lowest BCUT2D eigenvalue weighted by Crippen LogP contribution is -2.34. The van der Waals surface area contributed by atoms with Crippen molar-refractivity contribution < 1.29 is 19.1 Å². The van der Waals surface area contributed by atoms with E-state index in [-0.39, 0.29) is 30.7 Å². The second-order valence-corrected chi connectivity index (χ2v) is 6.71. The van der Waals surface area contributed by atoms with Crippen LogP contribution in [0, 0.1) is 0 Å². The molecule has 0 aromatic heterocycles. The van der Waals surface area contributed by atoms with Crippen molar-refractivity contribution in [2.24, 2.45) is 0 Å². The Labute approximate surface area is 158 Å². The van der Waals surface area contributed by atoms with Gasteiger partial charge in [-0.2, -0.15) is 0 Å². The van der Waals surface area contributed by atoms with Crippen molar-refractivity contribution in [3.8, 4) is 0 Å². The van der Waals surface area contributed by atoms with Gasteiger partial charge in [0, 0.05) is 5.69 Å². The van der Waals surface area contributed by atoms with Gasteiger partial charge in [0.2, 0.25) is 11.8 Å². The molecule has 2 amide bonds. The highest BCUT2D eigenvalue weighted by Gasteiger charge is 2.29. The first kappa shape index (κ1) is 20.0. The van der Waals surface area contributed by atoms with Crippen LogP contribution in [0.4, 0.5) is 5.69 Å². The van der Waals surface area contributed by atoms with E-state index >= 15 is 0 Å². The number of hydrogen-bond acceptors (Lipinski definition) is 5. The first-order chi connectivity index (χ1) is 12.5. The third-order valence-electron chi connectivity index (χ3n) is 4.00. The van der Waals surface area contributed by atoms with Gasteiger partial charge in [-0.05, 0) is 30.9 Å². The lowest BCUT2D eigenvalue weighted by atomic mass is 10.0. The topological polar surface area (TPSA) is 75.7 Å². The van der Waals surface area contributed by atoms with Gasteiger partial charge in [-0.15, -0.1) is 0 Å². The van der Waals surface area contributed by atoms with Crippen molar-refractivity contribution in [3.05, 3.63) is 40.4 Å². The summed E-state index contributed by atoms with van der Waals surface area (Å²) in [5.41, 5.74) is 2.93. The van der Waals surface area contributed by atoms with Crippen molar-refractivity contribution in [2.75, 3.05) is 24.2 Å². The molecule has 1 aliphatic heterocycles. The summed E-state index contributed by atoms with van der Waals surface area (Å²) in [4.78, 5) is 37.6. The minimum Gasteiger partial charge on any atom is -0.463 e. The molecule has 26 heavy (non-hydrogen) atoms. The van der Waals surface area contributed by atoms with E-state index in [1.54, 1.807) is 6.92 Å². The summed E-state index contributed by atoms with van der Waals surface area (Å²) in [7, 11) is 0. The molecular formula is C19H24N2O4S. The summed E-state index contributed by atoms with van der Waals surface area (Å²) in [6.45, 7) is 5.91. The van der Waals surface area contributed by atoms with E-state index in [9.17, 15) is 14.4 Å². The van der Waals surface area contributed by atoms with Crippen LogP contribution in [0.5, 0.6) is 0 Å². The normalized spacial score (nSPS) is 15.4. The van der Waals surface area contributed by atoms with Gasteiger partial charge in [-0.25, -0.2) is 4.79 Å². The number of thioether (sulfide) groups is 1. The Morgan fingerprint density at radius 1 is 1.23 bits per heavy atom. The van der Waals surface area contributed by atoms with Crippen LogP contribution < -0.4 is 5.32 Å². The Morgan fingerprint density at radius 2 is 1.88 bits per heavy atom. The molecule has 0 aliphatic carbocycles. The van der Waals surface area contributed by atoms with Crippen LogP contribution in [-0.2, 0) is 32.0 Å². The second-order valence-electron chi connectivity index (χ2n) is 5.71. The second kappa shape index (κ2) is 9.43. The summed E-state index contributed by atoms with van der Waals surface area (Å²) in [6, 6.07) is 5.95. The van der Waals surface area contributed by atoms with Crippen molar-refractivity contribution in [2.45, 2.75) is 33.6 Å². The first-order valence-electron chi connectivity index (χ1n) is 8.72. The zero-order valence-electron chi connectivity index (χ0n) is 15.3. The maximum atomic E-state index is 12.5. The molecule has 0 radical (unpaired) electrons. The fraction of sp³-hybridized carbons (Fsp3) is 0.421. The maximum absolute atomic E-state index is 12.5. The van der Waals surface area contributed by atoms with Crippen molar-refractivity contribution in [3.63, 3.8) is 0 Å². The fourth-order valence-corrected chi connectivity index (χ4v) is 3.64. The van der Waals surface area contributed by atoms with E-state index in [1.165, 1.54) is 22.7 Å². The highest BCUT2D eigenvalue weighted by Crippen LogP contribution is 2.29. The number of aryl methyl sites for hydroxylation is 2. The highest BCUT2D eigenvalue weighted by molar-refractivity contribution is 8.04. The molecule has 7 heteroatoms. The van der Waals surface area contributed by atoms with Gasteiger partial charge >= 0.3 is 5.97 Å². The Balaban J connectivity index is 2.14. The summed E-state index contributed by atoms with van der Waals surface area (Å²) in [5, 5.41) is 3.39. The van der Waals surface area contributed by atoms with Gasteiger partial charge < -0.3 is 10.1 Å². The summed E-state index contributed by atoms with van der Waals surface area (Å²) in [5.74, 6) is -0.782. The average molecular weight is 376 g/mol. The maximum Gasteiger partial charge on any atom is 0.333 e. The Bertz CT molecular complexity index is 708. The number of nitrogens with one attached hydrogen (secondary N) is 1. The molecule has 0 atom stereocenters. The number of carbonyl (C=O) groups excluding carboxylic acids is 3. The predicted octanol–water partition coefficient (Wildman–Crippen LogP) is 2.73. The monoisotopic (exact) mass is 376 g/mol. The molecule has 1 fully saturated rings. The van der Waals surface area contributed by atoms with E-state index in [0.717, 1.165) is 29.7 Å². The number of rotatable bonds is 7. The van der Waals surface area contributed by atoms with Gasteiger partial charge in [-0.3, -0.25) is 14.5 Å². The Hall–Kier alpha value is -2.28. The van der Waals surface area contributed by atoms with Crippen LogP contribution in [0.25, 0.3) is 0 Å². The van der Waals surface area contributed by atoms with Crippen LogP contribution in [-0.4, -0.2) is 41.6 Å². The molecule has 1 saturated heterocycles. The van der Waals surface area contributed by atoms with Crippen LogP contribution in [0.2, 0.25) is 0 Å². The molecule has 0 unspecified atom stereocenters. The molecule has 1 N–H and O–H groups in total. The van der Waals surface area contributed by atoms with Crippen LogP contribution in [0.15, 0.2) is 29.3 Å². The van der Waals surface area contributed by atoms with E-state index in [1.807, 2.05) is 32.0 Å². The number of para-hydroxylation sites is 1. The number of carbonyl (C=O) groups is 3. The van der Waals surface area contributed by atoms with Crippen molar-refractivity contribution in [1.82, 2.24) is 4.90 Å². The first-order valence-corrected chi connectivity index (χ1v) is 9.70. The molecule has 1 aromatic rings. The molecule has 2 rings (SSSR count). The zero-order valence-corrected chi connectivity index (χ0v) is 16.1. The zero-order chi connectivity index (χ0) is 19.1. The minimum absolute atomic E-state index is 0.127. The Morgan fingerprint density at radius 3 is 2.46 bits per heavy atom. The number of nitrogens with zero attached hydrogens (tertiary/aromatic N) is 1. The quantitative estimate of drug-likeness (QED) is 0.585. The van der Waals surface area contributed by atoms with Crippen molar-refractivity contribution >= 4 is 35.2 Å². The minimum atomic E-state index is -0.514. The van der Waals surface area contributed by atoms with Crippen LogP contribution >= 0.6 is 11.8 Å². The van der Waals surface area contributed by atoms with E-state index in [2.05, 4.69) is 5.32 Å². The third kappa shape index (κ3) is 4.88. The van der Waals surface area contributed by atoms with E-state index in [4.69, 9.17) is 4.74 Å². The van der Waals surface area contributed by atoms with E-state index in [0.29, 0.717) is 5.03 Å². The SMILES string of the molecule is CCOC(=O)/C=C1\SCC(=O)N1CC(=O)Nc1c(CC)cccc1CC. The molecule has 140 valence electrons. The molecular weight excluding hydrogens is 352 g/mol. The summed E-state index contributed by atoms with van der Waals surface area (Å²) >= 11 is 1.23. The summed E-state index contributed by atoms with van der Waals surface area (Å²) in [6.07, 6.45) is 2.87. The average Bonchev–Trinajstić information content (AvgIpc) is 2.95. The molecule has 1 aliphatic rings. The molecule has 0 saturated carbocycles. The van der Waals surface area contributed by atoms with E-state index < -0.39 is 5.97 Å². The number of benzene rings is 1. The fourth-order valence-electron chi connectivity index (χ4n) is 2.71. The number of ether oxygens (including phenoxy) is 1. The molecule has 6 nitrogen and oxygen atoms in total. The van der Waals surface area contributed by atoms with Gasteiger partial charge in [0.05, 0.1) is 23.5 Å². The van der Waals surface area contributed by atoms with Gasteiger partial charge in [0.1, 0.15) is 6.54 Å². The lowest BCUT2D eigenvalue weighted by Gasteiger charge is -2.19. The Kier molecular flexibility index (Phi) is 7.26. The molecule has 1 heterocycles. The molecule has 1 aromatic carbocycles. The predicted molar refractivity (Wildman–Crippen MR) is 103 cm³/mol. The standard InChI is InChI=1S/C19H24N2O4S/c1-4-13-8-7-9-14(5-2)19(13)20-15(22)11-21-16(23)12-26-17(21)10-18(24)25-6-3/h7-10H,4-6,11-12H2,1-3H3,(H,20,22)/b17-10-. The van der Waals surface area contributed by atoms with Crippen LogP contribution in [0.3, 0.4) is 0 Å².